The summed E-state index contributed by atoms with van der Waals surface area (Å²) in [4.78, 5) is 2.30. The van der Waals surface area contributed by atoms with Gasteiger partial charge in [-0.3, -0.25) is 0 Å². The van der Waals surface area contributed by atoms with Crippen LogP contribution in [0.4, 0.5) is 17.1 Å². The van der Waals surface area contributed by atoms with Gasteiger partial charge >= 0.3 is 0 Å². The highest BCUT2D eigenvalue weighted by Gasteiger charge is 2.19. The molecule has 0 amide bonds. The van der Waals surface area contributed by atoms with Crippen LogP contribution < -0.4 is 4.90 Å². The van der Waals surface area contributed by atoms with Crippen LogP contribution in [0.5, 0.6) is 5.75 Å². The monoisotopic (exact) mass is 767 g/mol. The lowest BCUT2D eigenvalue weighted by Crippen LogP contribution is -2.10. The Bertz CT molecular complexity index is 2970. The van der Waals surface area contributed by atoms with Gasteiger partial charge in [0.2, 0.25) is 0 Å². The molecule has 10 aromatic rings. The Morgan fingerprint density at radius 2 is 0.650 bits per heavy atom. The zero-order chi connectivity index (χ0) is 40.3. The number of hydrogen-bond donors (Lipinski definition) is 1. The van der Waals surface area contributed by atoms with E-state index in [1.165, 1.54) is 22.3 Å². The van der Waals surface area contributed by atoms with Gasteiger partial charge in [0.25, 0.3) is 0 Å². The lowest BCUT2D eigenvalue weighted by molar-refractivity contribution is 0.483. The van der Waals surface area contributed by atoms with Crippen molar-refractivity contribution in [2.24, 2.45) is 0 Å². The van der Waals surface area contributed by atoms with Gasteiger partial charge in [-0.25, -0.2) is 0 Å². The lowest BCUT2D eigenvalue weighted by Gasteiger charge is -2.27. The summed E-state index contributed by atoms with van der Waals surface area (Å²) in [7, 11) is 0. The molecule has 284 valence electrons. The van der Waals surface area contributed by atoms with Crippen LogP contribution in [0.15, 0.2) is 243 Å². The van der Waals surface area contributed by atoms with Crippen LogP contribution in [0, 0.1) is 0 Å². The molecule has 10 rings (SSSR count). The van der Waals surface area contributed by atoms with E-state index in [9.17, 15) is 5.11 Å². The Morgan fingerprint density at radius 1 is 0.250 bits per heavy atom. The van der Waals surface area contributed by atoms with Crippen molar-refractivity contribution < 1.29 is 5.11 Å². The molecular weight excluding hydrogens is 727 g/mol. The van der Waals surface area contributed by atoms with Crippen LogP contribution in [0.1, 0.15) is 0 Å². The molecule has 0 spiro atoms. The van der Waals surface area contributed by atoms with E-state index in [0.29, 0.717) is 0 Å². The lowest BCUT2D eigenvalue weighted by atomic mass is 9.90. The second kappa shape index (κ2) is 16.1. The van der Waals surface area contributed by atoms with Gasteiger partial charge < -0.3 is 10.0 Å². The standard InChI is InChI=1S/C58H41NO/c60-58-55-22-11-10-19-47(55)31-37-56(58)57-40-53(36-38-54(57)48-25-23-46(24-26-48)50-21-12-20-49(39-50)43-17-8-3-9-18-43)59(51-32-27-44(28-33-51)41-13-4-1-5-14-41)52-34-29-45(30-35-52)42-15-6-2-7-16-42/h1-40,60H. The van der Waals surface area contributed by atoms with Gasteiger partial charge in [-0.1, -0.05) is 194 Å². The molecule has 0 bridgehead atoms. The van der Waals surface area contributed by atoms with Crippen LogP contribution in [-0.2, 0) is 0 Å². The van der Waals surface area contributed by atoms with E-state index < -0.39 is 0 Å². The maximum Gasteiger partial charge on any atom is 0.131 e. The molecule has 0 radical (unpaired) electrons. The topological polar surface area (TPSA) is 23.5 Å². The number of benzene rings is 10. The van der Waals surface area contributed by atoms with Crippen molar-refractivity contribution in [3.05, 3.63) is 243 Å². The van der Waals surface area contributed by atoms with Crippen LogP contribution in [0.3, 0.4) is 0 Å². The molecule has 0 saturated heterocycles. The highest BCUT2D eigenvalue weighted by atomic mass is 16.3. The van der Waals surface area contributed by atoms with Crippen LogP contribution >= 0.6 is 0 Å². The number of hydrogen-bond acceptors (Lipinski definition) is 2. The third-order valence-corrected chi connectivity index (χ3v) is 11.4. The van der Waals surface area contributed by atoms with Crippen molar-refractivity contribution in [3.63, 3.8) is 0 Å². The first-order valence-corrected chi connectivity index (χ1v) is 20.4. The molecule has 2 heteroatoms. The number of nitrogens with zero attached hydrogens (tertiary/aromatic N) is 1. The first-order valence-electron chi connectivity index (χ1n) is 20.4. The predicted molar refractivity (Wildman–Crippen MR) is 253 cm³/mol. The number of anilines is 3. The highest BCUT2D eigenvalue weighted by Crippen LogP contribution is 2.45. The zero-order valence-electron chi connectivity index (χ0n) is 33.0. The molecule has 0 atom stereocenters. The van der Waals surface area contributed by atoms with E-state index in [1.807, 2.05) is 36.4 Å². The Kier molecular flexibility index (Phi) is 9.79. The summed E-state index contributed by atoms with van der Waals surface area (Å²) in [6.45, 7) is 0. The van der Waals surface area contributed by atoms with E-state index in [0.717, 1.165) is 72.3 Å². The SMILES string of the molecule is Oc1c(-c2cc(N(c3ccc(-c4ccccc4)cc3)c3ccc(-c4ccccc4)cc3)ccc2-c2ccc(-c3cccc(-c4ccccc4)c3)cc2)ccc2ccccc12. The van der Waals surface area contributed by atoms with Gasteiger partial charge in [-0.2, -0.15) is 0 Å². The summed E-state index contributed by atoms with van der Waals surface area (Å²) in [5.74, 6) is 0.270. The van der Waals surface area contributed by atoms with Crippen molar-refractivity contribution >= 4 is 27.8 Å². The molecule has 60 heavy (non-hydrogen) atoms. The molecular formula is C58H41NO. The average molecular weight is 768 g/mol. The Morgan fingerprint density at radius 3 is 1.22 bits per heavy atom. The number of rotatable bonds is 9. The van der Waals surface area contributed by atoms with E-state index in [1.54, 1.807) is 0 Å². The van der Waals surface area contributed by atoms with Crippen molar-refractivity contribution in [2.75, 3.05) is 4.90 Å². The van der Waals surface area contributed by atoms with Crippen LogP contribution in [0.25, 0.3) is 77.5 Å². The fourth-order valence-corrected chi connectivity index (χ4v) is 8.28. The average Bonchev–Trinajstić information content (AvgIpc) is 3.33. The Balaban J connectivity index is 1.10. The maximum absolute atomic E-state index is 12.0. The minimum atomic E-state index is 0.270. The third kappa shape index (κ3) is 7.23. The molecule has 0 heterocycles. The molecule has 1 N–H and O–H groups in total. The van der Waals surface area contributed by atoms with Crippen LogP contribution in [0.2, 0.25) is 0 Å². The van der Waals surface area contributed by atoms with E-state index in [2.05, 4.69) is 211 Å². The first-order chi connectivity index (χ1) is 29.7. The maximum atomic E-state index is 12.0. The molecule has 0 aliphatic rings. The first kappa shape index (κ1) is 36.4. The molecule has 0 aliphatic carbocycles. The number of fused-ring (bicyclic) bond motifs is 1. The highest BCUT2D eigenvalue weighted by molar-refractivity contribution is 5.99. The quantitative estimate of drug-likeness (QED) is 0.158. The van der Waals surface area contributed by atoms with E-state index >= 15 is 0 Å². The molecule has 0 unspecified atom stereocenters. The Labute approximate surface area is 351 Å². The fourth-order valence-electron chi connectivity index (χ4n) is 8.28. The minimum Gasteiger partial charge on any atom is -0.507 e. The van der Waals surface area contributed by atoms with Gasteiger partial charge in [0.15, 0.2) is 0 Å². The zero-order valence-corrected chi connectivity index (χ0v) is 33.0. The van der Waals surface area contributed by atoms with Gasteiger partial charge in [0, 0.05) is 28.0 Å². The van der Waals surface area contributed by atoms with Crippen molar-refractivity contribution in [3.8, 4) is 72.5 Å². The molecule has 10 aromatic carbocycles. The van der Waals surface area contributed by atoms with Gasteiger partial charge in [-0.15, -0.1) is 0 Å². The molecule has 0 fully saturated rings. The molecule has 0 aliphatic heterocycles. The third-order valence-electron chi connectivity index (χ3n) is 11.4. The molecule has 0 aromatic heterocycles. The Hall–Kier alpha value is -7.94. The summed E-state index contributed by atoms with van der Waals surface area (Å²) in [5, 5.41) is 13.8. The van der Waals surface area contributed by atoms with Crippen LogP contribution in [-0.4, -0.2) is 5.11 Å². The summed E-state index contributed by atoms with van der Waals surface area (Å²) in [5.41, 5.74) is 16.2. The summed E-state index contributed by atoms with van der Waals surface area (Å²) >= 11 is 0. The van der Waals surface area contributed by atoms with Crippen molar-refractivity contribution in [2.45, 2.75) is 0 Å². The predicted octanol–water partition coefficient (Wildman–Crippen LogP) is 16.0. The summed E-state index contributed by atoms with van der Waals surface area (Å²) in [6, 6.07) is 85.3. The number of phenols is 1. The van der Waals surface area contributed by atoms with E-state index in [4.69, 9.17) is 0 Å². The minimum absolute atomic E-state index is 0.270. The van der Waals surface area contributed by atoms with Gasteiger partial charge in [-0.05, 0) is 115 Å². The number of aromatic hydroxyl groups is 1. The second-order valence-corrected chi connectivity index (χ2v) is 15.1. The molecule has 0 saturated carbocycles. The second-order valence-electron chi connectivity index (χ2n) is 15.1. The molecule has 2 nitrogen and oxygen atoms in total. The van der Waals surface area contributed by atoms with Gasteiger partial charge in [0.1, 0.15) is 5.75 Å². The summed E-state index contributed by atoms with van der Waals surface area (Å²) in [6.07, 6.45) is 0. The largest absolute Gasteiger partial charge is 0.507 e. The normalized spacial score (nSPS) is 11.1. The van der Waals surface area contributed by atoms with Crippen molar-refractivity contribution in [1.82, 2.24) is 0 Å². The summed E-state index contributed by atoms with van der Waals surface area (Å²) < 4.78 is 0. The van der Waals surface area contributed by atoms with Gasteiger partial charge in [0.05, 0.1) is 0 Å². The smallest absolute Gasteiger partial charge is 0.131 e. The van der Waals surface area contributed by atoms with E-state index in [-0.39, 0.29) is 5.75 Å². The fraction of sp³-hybridized carbons (Fsp3) is 0. The number of phenolic OH excluding ortho intramolecular Hbond substituents is 1. The van der Waals surface area contributed by atoms with Crippen molar-refractivity contribution in [1.29, 1.82) is 0 Å².